The predicted octanol–water partition coefficient (Wildman–Crippen LogP) is 3.68. The first kappa shape index (κ1) is 18.7. The minimum atomic E-state index is 0.0463. The molecule has 1 aromatic rings. The second-order valence-corrected chi connectivity index (χ2v) is 6.59. The Morgan fingerprint density at radius 2 is 1.96 bits per heavy atom. The number of halogens is 1. The molecule has 5 nitrogen and oxygen atoms in total. The van der Waals surface area contributed by atoms with E-state index in [0.717, 1.165) is 55.9 Å². The average Bonchev–Trinajstić information content (AvgIpc) is 2.60. The third-order valence-corrected chi connectivity index (χ3v) is 4.83. The number of carbonyl (C=O) groups excluding carboxylic acids is 1. The van der Waals surface area contributed by atoms with Gasteiger partial charge in [0.2, 0.25) is 0 Å². The van der Waals surface area contributed by atoms with Crippen molar-refractivity contribution in [3.05, 3.63) is 22.7 Å². The maximum absolute atomic E-state index is 12.2. The number of anilines is 1. The molecule has 0 spiro atoms. The van der Waals surface area contributed by atoms with Crippen LogP contribution in [0.2, 0.25) is 5.02 Å². The molecule has 1 aliphatic heterocycles. The van der Waals surface area contributed by atoms with E-state index in [9.17, 15) is 4.79 Å². The van der Waals surface area contributed by atoms with Crippen LogP contribution in [0.5, 0.6) is 5.75 Å². The van der Waals surface area contributed by atoms with E-state index < -0.39 is 0 Å². The molecule has 1 aromatic carbocycles. The number of unbranched alkanes of at least 4 members (excludes halogenated alkanes) is 2. The number of nitrogens with one attached hydrogen (secondary N) is 1. The van der Waals surface area contributed by atoms with Gasteiger partial charge in [-0.15, -0.1) is 0 Å². The lowest BCUT2D eigenvalue weighted by atomic mass is 10.1. The van der Waals surface area contributed by atoms with Gasteiger partial charge >= 0.3 is 6.03 Å². The zero-order valence-electron chi connectivity index (χ0n) is 14.9. The summed E-state index contributed by atoms with van der Waals surface area (Å²) in [5, 5.41) is 3.72. The molecular weight excluding hydrogens is 326 g/mol. The Bertz CT molecular complexity index is 557. The summed E-state index contributed by atoms with van der Waals surface area (Å²) in [6, 6.07) is 3.96. The summed E-state index contributed by atoms with van der Waals surface area (Å²) in [5.41, 5.74) is 2.07. The van der Waals surface area contributed by atoms with Gasteiger partial charge in [-0.05, 0) is 25.0 Å². The van der Waals surface area contributed by atoms with Crippen molar-refractivity contribution in [2.24, 2.45) is 0 Å². The van der Waals surface area contributed by atoms with Gasteiger partial charge in [-0.3, -0.25) is 0 Å². The maximum atomic E-state index is 12.2. The van der Waals surface area contributed by atoms with Crippen molar-refractivity contribution in [3.63, 3.8) is 0 Å². The van der Waals surface area contributed by atoms with Crippen LogP contribution in [0, 0.1) is 6.92 Å². The fourth-order valence-electron chi connectivity index (χ4n) is 2.89. The van der Waals surface area contributed by atoms with Crippen LogP contribution in [0.25, 0.3) is 0 Å². The van der Waals surface area contributed by atoms with Gasteiger partial charge in [0.1, 0.15) is 5.75 Å². The van der Waals surface area contributed by atoms with Gasteiger partial charge in [-0.1, -0.05) is 31.4 Å². The third-order valence-electron chi connectivity index (χ3n) is 4.42. The van der Waals surface area contributed by atoms with E-state index in [0.29, 0.717) is 18.1 Å². The van der Waals surface area contributed by atoms with Gasteiger partial charge in [0.15, 0.2) is 0 Å². The highest BCUT2D eigenvalue weighted by Crippen LogP contribution is 2.34. The number of amides is 2. The summed E-state index contributed by atoms with van der Waals surface area (Å²) < 4.78 is 5.47. The number of hydrogen-bond acceptors (Lipinski definition) is 3. The van der Waals surface area contributed by atoms with Crippen molar-refractivity contribution in [1.82, 2.24) is 10.2 Å². The number of nitrogens with zero attached hydrogens (tertiary/aromatic N) is 2. The Kier molecular flexibility index (Phi) is 7.03. The first-order valence-electron chi connectivity index (χ1n) is 8.68. The lowest BCUT2D eigenvalue weighted by Gasteiger charge is -2.36. The van der Waals surface area contributed by atoms with Crippen molar-refractivity contribution >= 4 is 23.3 Å². The summed E-state index contributed by atoms with van der Waals surface area (Å²) in [5.74, 6) is 0.781. The van der Waals surface area contributed by atoms with Gasteiger partial charge < -0.3 is 19.9 Å². The van der Waals surface area contributed by atoms with Crippen molar-refractivity contribution < 1.29 is 9.53 Å². The molecule has 0 atom stereocenters. The average molecular weight is 354 g/mol. The van der Waals surface area contributed by atoms with E-state index in [1.54, 1.807) is 7.11 Å². The Morgan fingerprint density at radius 1 is 1.25 bits per heavy atom. The van der Waals surface area contributed by atoms with Crippen molar-refractivity contribution in [2.75, 3.05) is 44.7 Å². The molecule has 0 saturated carbocycles. The fraction of sp³-hybridized carbons (Fsp3) is 0.611. The van der Waals surface area contributed by atoms with Gasteiger partial charge in [0.05, 0.1) is 12.8 Å². The lowest BCUT2D eigenvalue weighted by Crippen LogP contribution is -2.52. The number of urea groups is 1. The monoisotopic (exact) mass is 353 g/mol. The van der Waals surface area contributed by atoms with Crippen molar-refractivity contribution in [3.8, 4) is 5.75 Å². The molecular formula is C18H28ClN3O2. The summed E-state index contributed by atoms with van der Waals surface area (Å²) in [6.45, 7) is 7.92. The molecule has 6 heteroatoms. The van der Waals surface area contributed by atoms with Crippen LogP contribution in [0.3, 0.4) is 0 Å². The van der Waals surface area contributed by atoms with Crippen LogP contribution in [-0.2, 0) is 0 Å². The highest BCUT2D eigenvalue weighted by atomic mass is 35.5. The predicted molar refractivity (Wildman–Crippen MR) is 99.5 cm³/mol. The van der Waals surface area contributed by atoms with Crippen LogP contribution in [-0.4, -0.2) is 50.8 Å². The summed E-state index contributed by atoms with van der Waals surface area (Å²) in [6.07, 6.45) is 3.37. The summed E-state index contributed by atoms with van der Waals surface area (Å²) in [4.78, 5) is 16.3. The third kappa shape index (κ3) is 4.69. The number of aryl methyl sites for hydroxylation is 1. The highest BCUT2D eigenvalue weighted by molar-refractivity contribution is 6.31. The number of benzene rings is 1. The van der Waals surface area contributed by atoms with Gasteiger partial charge in [0.25, 0.3) is 0 Å². The van der Waals surface area contributed by atoms with Crippen LogP contribution in [0.1, 0.15) is 31.7 Å². The molecule has 0 aromatic heterocycles. The Morgan fingerprint density at radius 3 is 2.58 bits per heavy atom. The first-order chi connectivity index (χ1) is 11.6. The molecule has 24 heavy (non-hydrogen) atoms. The molecule has 1 aliphatic rings. The van der Waals surface area contributed by atoms with E-state index in [4.69, 9.17) is 16.3 Å². The molecule has 0 unspecified atom stereocenters. The van der Waals surface area contributed by atoms with Crippen LogP contribution in [0.4, 0.5) is 10.5 Å². The Hall–Kier alpha value is -1.62. The van der Waals surface area contributed by atoms with Gasteiger partial charge in [-0.25, -0.2) is 4.79 Å². The van der Waals surface area contributed by atoms with Crippen LogP contribution in [0.15, 0.2) is 12.1 Å². The number of piperazine rings is 1. The van der Waals surface area contributed by atoms with Crippen molar-refractivity contribution in [1.29, 1.82) is 0 Å². The fourth-order valence-corrected chi connectivity index (χ4v) is 3.04. The zero-order chi connectivity index (χ0) is 17.5. The molecule has 2 rings (SSSR count). The lowest BCUT2D eigenvalue weighted by molar-refractivity contribution is 0.194. The number of ether oxygens (including phenoxy) is 1. The molecule has 1 fully saturated rings. The van der Waals surface area contributed by atoms with E-state index in [2.05, 4.69) is 23.2 Å². The summed E-state index contributed by atoms with van der Waals surface area (Å²) in [7, 11) is 1.66. The molecule has 1 heterocycles. The normalized spacial score (nSPS) is 14.7. The molecule has 1 saturated heterocycles. The maximum Gasteiger partial charge on any atom is 0.317 e. The summed E-state index contributed by atoms with van der Waals surface area (Å²) >= 11 is 6.18. The van der Waals surface area contributed by atoms with Crippen LogP contribution < -0.4 is 15.0 Å². The highest BCUT2D eigenvalue weighted by Gasteiger charge is 2.23. The number of rotatable bonds is 6. The number of hydrogen-bond donors (Lipinski definition) is 1. The van der Waals surface area contributed by atoms with Gasteiger partial charge in [0, 0.05) is 43.8 Å². The molecule has 0 aliphatic carbocycles. The van der Waals surface area contributed by atoms with Crippen molar-refractivity contribution in [2.45, 2.75) is 33.1 Å². The Balaban J connectivity index is 1.91. The van der Waals surface area contributed by atoms with Crippen LogP contribution >= 0.6 is 11.6 Å². The molecule has 1 N–H and O–H groups in total. The molecule has 0 radical (unpaired) electrons. The number of carbonyl (C=O) groups is 1. The zero-order valence-corrected chi connectivity index (χ0v) is 15.7. The second-order valence-electron chi connectivity index (χ2n) is 6.19. The van der Waals surface area contributed by atoms with Gasteiger partial charge in [-0.2, -0.15) is 0 Å². The standard InChI is InChI=1S/C18H28ClN3O2/c1-4-5-6-7-20-18(23)22-10-8-21(9-11-22)16-12-14(2)15(19)13-17(16)24-3/h12-13H,4-11H2,1-3H3,(H,20,23). The Labute approximate surface area is 149 Å². The second kappa shape index (κ2) is 9.02. The minimum Gasteiger partial charge on any atom is -0.495 e. The van der Waals surface area contributed by atoms with E-state index >= 15 is 0 Å². The molecule has 134 valence electrons. The number of methoxy groups -OCH3 is 1. The smallest absolute Gasteiger partial charge is 0.317 e. The minimum absolute atomic E-state index is 0.0463. The quantitative estimate of drug-likeness (QED) is 0.793. The molecule has 2 amide bonds. The van der Waals surface area contributed by atoms with E-state index in [1.165, 1.54) is 0 Å². The largest absolute Gasteiger partial charge is 0.495 e. The van der Waals surface area contributed by atoms with E-state index in [1.807, 2.05) is 17.9 Å². The first-order valence-corrected chi connectivity index (χ1v) is 9.06. The van der Waals surface area contributed by atoms with E-state index in [-0.39, 0.29) is 6.03 Å². The molecule has 0 bridgehead atoms. The topological polar surface area (TPSA) is 44.8 Å². The SMILES string of the molecule is CCCCCNC(=O)N1CCN(c2cc(C)c(Cl)cc2OC)CC1.